The first-order valence-corrected chi connectivity index (χ1v) is 5.95. The molecule has 0 aliphatic rings. The van der Waals surface area contributed by atoms with E-state index in [0.717, 1.165) is 12.8 Å². The number of aliphatic hydroxyl groups excluding tert-OH is 1. The first-order valence-electron chi connectivity index (χ1n) is 4.43. The SMILES string of the molecule is CC(C)CO[PH](=O)CCCCO. The minimum Gasteiger partial charge on any atom is -0.396 e. The molecule has 74 valence electrons. The van der Waals surface area contributed by atoms with E-state index in [-0.39, 0.29) is 6.61 Å². The van der Waals surface area contributed by atoms with E-state index in [1.807, 2.05) is 13.8 Å². The van der Waals surface area contributed by atoms with Crippen LogP contribution in [0.25, 0.3) is 0 Å². The quantitative estimate of drug-likeness (QED) is 0.497. The summed E-state index contributed by atoms with van der Waals surface area (Å²) in [5.74, 6) is 0.441. The number of hydrogen-bond acceptors (Lipinski definition) is 3. The van der Waals surface area contributed by atoms with Crippen LogP contribution in [-0.2, 0) is 9.09 Å². The van der Waals surface area contributed by atoms with Gasteiger partial charge in [0.25, 0.3) is 0 Å². The van der Waals surface area contributed by atoms with Crippen LogP contribution in [0.4, 0.5) is 0 Å². The van der Waals surface area contributed by atoms with Crippen LogP contribution in [0, 0.1) is 5.92 Å². The van der Waals surface area contributed by atoms with Gasteiger partial charge in [-0.1, -0.05) is 13.8 Å². The highest BCUT2D eigenvalue weighted by molar-refractivity contribution is 7.39. The van der Waals surface area contributed by atoms with Crippen molar-refractivity contribution < 1.29 is 14.2 Å². The summed E-state index contributed by atoms with van der Waals surface area (Å²) >= 11 is 0. The molecule has 1 unspecified atom stereocenters. The summed E-state index contributed by atoms with van der Waals surface area (Å²) in [5.41, 5.74) is 0. The summed E-state index contributed by atoms with van der Waals surface area (Å²) < 4.78 is 16.2. The Kier molecular flexibility index (Phi) is 7.88. The Morgan fingerprint density at radius 1 is 1.42 bits per heavy atom. The largest absolute Gasteiger partial charge is 0.396 e. The van der Waals surface area contributed by atoms with Gasteiger partial charge in [-0.3, -0.25) is 4.57 Å². The van der Waals surface area contributed by atoms with E-state index in [2.05, 4.69) is 0 Å². The number of aliphatic hydroxyl groups is 1. The van der Waals surface area contributed by atoms with Gasteiger partial charge < -0.3 is 9.63 Å². The molecule has 12 heavy (non-hydrogen) atoms. The molecule has 0 aliphatic heterocycles. The molecule has 0 saturated carbocycles. The average molecular weight is 194 g/mol. The van der Waals surface area contributed by atoms with Crippen LogP contribution in [0.5, 0.6) is 0 Å². The maximum Gasteiger partial charge on any atom is 0.191 e. The van der Waals surface area contributed by atoms with Gasteiger partial charge in [-0.15, -0.1) is 0 Å². The fraction of sp³-hybridized carbons (Fsp3) is 1.00. The zero-order valence-electron chi connectivity index (χ0n) is 7.88. The topological polar surface area (TPSA) is 46.5 Å². The molecule has 0 spiro atoms. The molecular weight excluding hydrogens is 175 g/mol. The lowest BCUT2D eigenvalue weighted by Gasteiger charge is -2.05. The third-order valence-electron chi connectivity index (χ3n) is 1.37. The molecule has 4 heteroatoms. The lowest BCUT2D eigenvalue weighted by molar-refractivity contribution is 0.276. The van der Waals surface area contributed by atoms with Crippen LogP contribution < -0.4 is 0 Å². The lowest BCUT2D eigenvalue weighted by Crippen LogP contribution is -1.97. The number of hydrogen-bond donors (Lipinski definition) is 1. The monoisotopic (exact) mass is 194 g/mol. The fourth-order valence-corrected chi connectivity index (χ4v) is 1.92. The third-order valence-corrected chi connectivity index (χ3v) is 2.62. The molecule has 0 amide bonds. The van der Waals surface area contributed by atoms with Gasteiger partial charge in [-0.25, -0.2) is 0 Å². The van der Waals surface area contributed by atoms with Crippen LogP contribution >= 0.6 is 8.03 Å². The van der Waals surface area contributed by atoms with E-state index in [1.165, 1.54) is 0 Å². The van der Waals surface area contributed by atoms with E-state index in [1.54, 1.807) is 0 Å². The van der Waals surface area contributed by atoms with Crippen molar-refractivity contribution in [1.29, 1.82) is 0 Å². The summed E-state index contributed by atoms with van der Waals surface area (Å²) in [6.07, 6.45) is 2.13. The standard InChI is InChI=1S/C8H19O3P/c1-8(2)7-11-12(10)6-4-3-5-9/h8-9,12H,3-7H2,1-2H3. The van der Waals surface area contributed by atoms with Crippen molar-refractivity contribution in [2.24, 2.45) is 5.92 Å². The van der Waals surface area contributed by atoms with E-state index in [9.17, 15) is 4.57 Å². The number of rotatable bonds is 7. The van der Waals surface area contributed by atoms with Crippen molar-refractivity contribution in [3.05, 3.63) is 0 Å². The Morgan fingerprint density at radius 2 is 2.08 bits per heavy atom. The first kappa shape index (κ1) is 12.2. The van der Waals surface area contributed by atoms with Crippen molar-refractivity contribution in [3.8, 4) is 0 Å². The van der Waals surface area contributed by atoms with Crippen LogP contribution in [0.1, 0.15) is 26.7 Å². The van der Waals surface area contributed by atoms with E-state index in [0.29, 0.717) is 18.7 Å². The van der Waals surface area contributed by atoms with Crippen molar-refractivity contribution >= 4 is 8.03 Å². The summed E-state index contributed by atoms with van der Waals surface area (Å²) in [6.45, 7) is 4.82. The van der Waals surface area contributed by atoms with E-state index >= 15 is 0 Å². The highest BCUT2D eigenvalue weighted by Gasteiger charge is 2.00. The Bertz CT molecular complexity index is 125. The van der Waals surface area contributed by atoms with Crippen LogP contribution in [0.15, 0.2) is 0 Å². The van der Waals surface area contributed by atoms with Gasteiger partial charge in [0.2, 0.25) is 0 Å². The zero-order chi connectivity index (χ0) is 9.40. The van der Waals surface area contributed by atoms with Crippen LogP contribution in [-0.4, -0.2) is 24.5 Å². The van der Waals surface area contributed by atoms with Crippen molar-refractivity contribution in [2.75, 3.05) is 19.4 Å². The van der Waals surface area contributed by atoms with Crippen molar-refractivity contribution in [2.45, 2.75) is 26.7 Å². The van der Waals surface area contributed by atoms with Gasteiger partial charge in [0.05, 0.1) is 6.61 Å². The first-order chi connectivity index (χ1) is 5.66. The van der Waals surface area contributed by atoms with Gasteiger partial charge in [0.15, 0.2) is 8.03 Å². The Hall–Kier alpha value is 0.150. The molecule has 0 fully saturated rings. The fourth-order valence-electron chi connectivity index (χ4n) is 0.713. The predicted octanol–water partition coefficient (Wildman–Crippen LogP) is 1.91. The predicted molar refractivity (Wildman–Crippen MR) is 51.0 cm³/mol. The molecule has 0 bridgehead atoms. The molecule has 0 aromatic heterocycles. The smallest absolute Gasteiger partial charge is 0.191 e. The molecule has 0 rings (SSSR count). The van der Waals surface area contributed by atoms with E-state index in [4.69, 9.17) is 9.63 Å². The molecule has 1 atom stereocenters. The zero-order valence-corrected chi connectivity index (χ0v) is 8.88. The molecule has 0 aliphatic carbocycles. The second-order valence-corrected chi connectivity index (χ2v) is 4.79. The summed E-state index contributed by atoms with van der Waals surface area (Å²) in [5, 5.41) is 8.47. The van der Waals surface area contributed by atoms with E-state index < -0.39 is 8.03 Å². The van der Waals surface area contributed by atoms with Gasteiger partial charge in [-0.05, 0) is 18.8 Å². The second kappa shape index (κ2) is 7.78. The summed E-state index contributed by atoms with van der Waals surface area (Å²) in [4.78, 5) is 0. The maximum atomic E-state index is 11.1. The number of unbranched alkanes of at least 4 members (excludes halogenated alkanes) is 1. The minimum atomic E-state index is -1.82. The van der Waals surface area contributed by atoms with Gasteiger partial charge in [-0.2, -0.15) is 0 Å². The molecule has 0 aromatic rings. The maximum absolute atomic E-state index is 11.1. The highest BCUT2D eigenvalue weighted by Crippen LogP contribution is 2.24. The normalized spacial score (nSPS) is 13.7. The molecule has 0 heterocycles. The summed E-state index contributed by atoms with van der Waals surface area (Å²) in [6, 6.07) is 0. The average Bonchev–Trinajstić information content (AvgIpc) is 2.01. The highest BCUT2D eigenvalue weighted by atomic mass is 31.1. The van der Waals surface area contributed by atoms with Crippen molar-refractivity contribution in [3.63, 3.8) is 0 Å². The molecule has 0 radical (unpaired) electrons. The molecule has 0 aromatic carbocycles. The van der Waals surface area contributed by atoms with Crippen LogP contribution in [0.3, 0.4) is 0 Å². The Balaban J connectivity index is 3.22. The third kappa shape index (κ3) is 8.25. The Morgan fingerprint density at radius 3 is 2.58 bits per heavy atom. The Labute approximate surface area is 75.0 Å². The van der Waals surface area contributed by atoms with Gasteiger partial charge in [0.1, 0.15) is 0 Å². The lowest BCUT2D eigenvalue weighted by atomic mass is 10.2. The van der Waals surface area contributed by atoms with Crippen LogP contribution in [0.2, 0.25) is 0 Å². The van der Waals surface area contributed by atoms with Crippen molar-refractivity contribution in [1.82, 2.24) is 0 Å². The summed E-state index contributed by atoms with van der Waals surface area (Å²) in [7, 11) is -1.82. The van der Waals surface area contributed by atoms with Gasteiger partial charge in [0, 0.05) is 12.8 Å². The molecular formula is C8H19O3P. The molecule has 3 nitrogen and oxygen atoms in total. The second-order valence-electron chi connectivity index (χ2n) is 3.26. The molecule has 1 N–H and O–H groups in total. The minimum absolute atomic E-state index is 0.180. The van der Waals surface area contributed by atoms with Gasteiger partial charge >= 0.3 is 0 Å². The molecule has 0 saturated heterocycles.